The molecule has 0 spiro atoms. The van der Waals surface area contributed by atoms with Crippen molar-refractivity contribution in [1.29, 1.82) is 0 Å². The molecule has 1 aromatic rings. The number of allylic oxidation sites excluding steroid dienone is 2. The first-order valence-electron chi connectivity index (χ1n) is 9.76. The fourth-order valence-electron chi connectivity index (χ4n) is 4.24. The van der Waals surface area contributed by atoms with Crippen LogP contribution in [0.5, 0.6) is 0 Å². The molecule has 1 aromatic heterocycles. The van der Waals surface area contributed by atoms with Crippen molar-refractivity contribution in [3.8, 4) is 0 Å². The minimum atomic E-state index is -0.0647. The highest BCUT2D eigenvalue weighted by molar-refractivity contribution is 5.80. The Morgan fingerprint density at radius 3 is 2.74 bits per heavy atom. The van der Waals surface area contributed by atoms with Crippen LogP contribution in [0.15, 0.2) is 30.7 Å². The third-order valence-corrected chi connectivity index (χ3v) is 5.67. The summed E-state index contributed by atoms with van der Waals surface area (Å²) in [4.78, 5) is 38.0. The van der Waals surface area contributed by atoms with Gasteiger partial charge in [-0.1, -0.05) is 12.2 Å². The van der Waals surface area contributed by atoms with Gasteiger partial charge in [-0.3, -0.25) is 19.6 Å². The summed E-state index contributed by atoms with van der Waals surface area (Å²) in [5.41, 5.74) is 0.824. The predicted octanol–water partition coefficient (Wildman–Crippen LogP) is 1.06. The Morgan fingerprint density at radius 1 is 1.11 bits per heavy atom. The third-order valence-electron chi connectivity index (χ3n) is 5.67. The molecule has 2 atom stereocenters. The summed E-state index contributed by atoms with van der Waals surface area (Å²) >= 11 is 0. The molecule has 7 heteroatoms. The molecule has 2 aliphatic heterocycles. The number of nitrogens with zero attached hydrogens (tertiary/aromatic N) is 4. The molecule has 0 unspecified atom stereocenters. The molecule has 144 valence electrons. The van der Waals surface area contributed by atoms with Gasteiger partial charge in [0.1, 0.15) is 0 Å². The van der Waals surface area contributed by atoms with Crippen LogP contribution in [0.3, 0.4) is 0 Å². The number of hydrogen-bond acceptors (Lipinski definition) is 5. The van der Waals surface area contributed by atoms with Crippen LogP contribution in [0.2, 0.25) is 0 Å². The summed E-state index contributed by atoms with van der Waals surface area (Å²) in [6, 6.07) is -0.0647. The summed E-state index contributed by atoms with van der Waals surface area (Å²) in [5.74, 6) is 0.588. The number of amides is 2. The fraction of sp³-hybridized carbons (Fsp3) is 0.600. The lowest BCUT2D eigenvalue weighted by atomic mass is 10.0. The number of hydrogen-bond donors (Lipinski definition) is 0. The van der Waals surface area contributed by atoms with Gasteiger partial charge in [0.25, 0.3) is 0 Å². The first-order chi connectivity index (χ1) is 13.2. The Balaban J connectivity index is 1.41. The van der Waals surface area contributed by atoms with Gasteiger partial charge < -0.3 is 14.5 Å². The first kappa shape index (κ1) is 18.1. The van der Waals surface area contributed by atoms with E-state index in [4.69, 9.17) is 4.74 Å². The topological polar surface area (TPSA) is 75.6 Å². The van der Waals surface area contributed by atoms with Gasteiger partial charge in [-0.15, -0.1) is 0 Å². The molecule has 27 heavy (non-hydrogen) atoms. The molecule has 0 N–H and O–H groups in total. The van der Waals surface area contributed by atoms with Crippen molar-refractivity contribution in [2.45, 2.75) is 31.7 Å². The normalized spacial score (nSPS) is 25.5. The molecule has 2 saturated heterocycles. The van der Waals surface area contributed by atoms with Crippen molar-refractivity contribution in [3.63, 3.8) is 0 Å². The Kier molecular flexibility index (Phi) is 5.48. The van der Waals surface area contributed by atoms with Gasteiger partial charge in [0.05, 0.1) is 24.9 Å². The molecule has 2 fully saturated rings. The maximum Gasteiger partial charge on any atom is 0.226 e. The molecule has 3 aliphatic rings. The second kappa shape index (κ2) is 8.17. The average Bonchev–Trinajstić information content (AvgIpc) is 3.06. The monoisotopic (exact) mass is 370 g/mol. The van der Waals surface area contributed by atoms with Gasteiger partial charge in [0.2, 0.25) is 11.8 Å². The zero-order valence-electron chi connectivity index (χ0n) is 15.5. The Hall–Kier alpha value is -2.28. The van der Waals surface area contributed by atoms with Crippen LogP contribution in [-0.4, -0.2) is 70.5 Å². The molecular formula is C20H26N4O3. The Bertz CT molecular complexity index is 700. The summed E-state index contributed by atoms with van der Waals surface area (Å²) < 4.78 is 5.79. The van der Waals surface area contributed by atoms with Crippen molar-refractivity contribution in [2.24, 2.45) is 11.8 Å². The van der Waals surface area contributed by atoms with E-state index in [0.29, 0.717) is 45.7 Å². The third kappa shape index (κ3) is 4.18. The molecule has 4 rings (SSSR count). The van der Waals surface area contributed by atoms with Crippen LogP contribution in [0.4, 0.5) is 0 Å². The minimum absolute atomic E-state index is 0.0647. The van der Waals surface area contributed by atoms with Crippen molar-refractivity contribution in [3.05, 3.63) is 36.4 Å². The van der Waals surface area contributed by atoms with Crippen molar-refractivity contribution in [2.75, 3.05) is 32.8 Å². The van der Waals surface area contributed by atoms with E-state index in [1.165, 1.54) is 0 Å². The van der Waals surface area contributed by atoms with E-state index in [-0.39, 0.29) is 29.7 Å². The van der Waals surface area contributed by atoms with Crippen LogP contribution < -0.4 is 0 Å². The van der Waals surface area contributed by atoms with Crippen LogP contribution in [-0.2, 0) is 20.7 Å². The number of aromatic nitrogens is 2. The van der Waals surface area contributed by atoms with Gasteiger partial charge in [-0.2, -0.15) is 0 Å². The molecule has 0 radical (unpaired) electrons. The first-order valence-corrected chi connectivity index (χ1v) is 9.76. The summed E-state index contributed by atoms with van der Waals surface area (Å²) in [6.07, 6.45) is 11.8. The van der Waals surface area contributed by atoms with E-state index in [0.717, 1.165) is 18.5 Å². The van der Waals surface area contributed by atoms with E-state index >= 15 is 0 Å². The Morgan fingerprint density at radius 2 is 1.96 bits per heavy atom. The fourth-order valence-corrected chi connectivity index (χ4v) is 4.24. The van der Waals surface area contributed by atoms with Crippen LogP contribution in [0, 0.1) is 11.8 Å². The highest BCUT2D eigenvalue weighted by atomic mass is 16.5. The highest BCUT2D eigenvalue weighted by Crippen LogP contribution is 2.25. The van der Waals surface area contributed by atoms with E-state index in [9.17, 15) is 9.59 Å². The molecule has 0 aromatic carbocycles. The van der Waals surface area contributed by atoms with Crippen LogP contribution in [0.1, 0.15) is 25.0 Å². The smallest absolute Gasteiger partial charge is 0.226 e. The SMILES string of the molecule is O=C(C1CC=CC1)N1C[C@@H]2COC[C@H](C1)N(C(=O)CCc1cnccn1)C2. The number of aryl methyl sites for hydroxylation is 1. The molecular weight excluding hydrogens is 344 g/mol. The van der Waals surface area contributed by atoms with Crippen molar-refractivity contribution < 1.29 is 14.3 Å². The van der Waals surface area contributed by atoms with E-state index < -0.39 is 0 Å². The van der Waals surface area contributed by atoms with Gasteiger partial charge >= 0.3 is 0 Å². The van der Waals surface area contributed by atoms with Gasteiger partial charge in [-0.05, 0) is 19.3 Å². The average molecular weight is 370 g/mol. The van der Waals surface area contributed by atoms with Crippen LogP contribution >= 0.6 is 0 Å². The second-order valence-corrected chi connectivity index (χ2v) is 7.68. The summed E-state index contributed by atoms with van der Waals surface area (Å²) in [7, 11) is 0. The maximum atomic E-state index is 12.9. The van der Waals surface area contributed by atoms with E-state index in [1.807, 2.05) is 9.80 Å². The minimum Gasteiger partial charge on any atom is -0.379 e. The molecule has 1 aliphatic carbocycles. The Labute approximate surface area is 159 Å². The van der Waals surface area contributed by atoms with Gasteiger partial charge in [-0.25, -0.2) is 0 Å². The number of rotatable bonds is 4. The predicted molar refractivity (Wildman–Crippen MR) is 98.6 cm³/mol. The lowest BCUT2D eigenvalue weighted by molar-refractivity contribution is -0.139. The molecule has 7 nitrogen and oxygen atoms in total. The van der Waals surface area contributed by atoms with Gasteiger partial charge in [0, 0.05) is 56.5 Å². The molecule has 2 bridgehead atoms. The summed E-state index contributed by atoms with van der Waals surface area (Å²) in [6.45, 7) is 3.02. The standard InChI is InChI=1S/C20H26N4O3/c25-19(6-5-17-9-21-7-8-22-17)24-11-15-10-23(12-18(24)14-27-13-15)20(26)16-3-1-2-4-16/h1-2,7-9,15-16,18H,3-6,10-14H2/t15-,18-/m0/s1. The van der Waals surface area contributed by atoms with Crippen molar-refractivity contribution in [1.82, 2.24) is 19.8 Å². The molecule has 0 saturated carbocycles. The highest BCUT2D eigenvalue weighted by Gasteiger charge is 2.38. The zero-order chi connectivity index (χ0) is 18.6. The number of fused-ring (bicyclic) bond motifs is 3. The van der Waals surface area contributed by atoms with Gasteiger partial charge in [0.15, 0.2) is 0 Å². The van der Waals surface area contributed by atoms with E-state index in [2.05, 4.69) is 22.1 Å². The van der Waals surface area contributed by atoms with E-state index in [1.54, 1.807) is 18.6 Å². The second-order valence-electron chi connectivity index (χ2n) is 7.68. The molecule has 2 amide bonds. The number of carbonyl (C=O) groups excluding carboxylic acids is 2. The lowest BCUT2D eigenvalue weighted by Crippen LogP contribution is -2.48. The number of ether oxygens (including phenoxy) is 1. The van der Waals surface area contributed by atoms with Crippen molar-refractivity contribution >= 4 is 11.8 Å². The van der Waals surface area contributed by atoms with Crippen LogP contribution in [0.25, 0.3) is 0 Å². The largest absolute Gasteiger partial charge is 0.379 e. The summed E-state index contributed by atoms with van der Waals surface area (Å²) in [5, 5.41) is 0. The maximum absolute atomic E-state index is 12.9. The quantitative estimate of drug-likeness (QED) is 0.741. The molecule has 3 heterocycles. The lowest BCUT2D eigenvalue weighted by Gasteiger charge is -2.32. The zero-order valence-corrected chi connectivity index (χ0v) is 15.5. The number of carbonyl (C=O) groups is 2.